The number of rotatable bonds is 10. The Morgan fingerprint density at radius 3 is 2.28 bits per heavy atom. The smallest absolute Gasteiger partial charge is 0.320 e. The van der Waals surface area contributed by atoms with Crippen LogP contribution in [0.15, 0.2) is 66.9 Å². The Hall–Kier alpha value is -3.23. The quantitative estimate of drug-likeness (QED) is 0.438. The molecule has 2 atom stereocenters. The lowest BCUT2D eigenvalue weighted by molar-refractivity contribution is 0.0690. The zero-order valence-corrected chi connectivity index (χ0v) is 21.6. The van der Waals surface area contributed by atoms with Gasteiger partial charge in [-0.05, 0) is 11.0 Å². The van der Waals surface area contributed by atoms with E-state index in [2.05, 4.69) is 4.57 Å². The van der Waals surface area contributed by atoms with Crippen molar-refractivity contribution in [1.29, 1.82) is 0 Å². The van der Waals surface area contributed by atoms with Crippen molar-refractivity contribution >= 4 is 6.03 Å². The number of nitrogens with zero attached hydrogens (tertiary/aromatic N) is 4. The van der Waals surface area contributed by atoms with Crippen LogP contribution < -0.4 is 5.73 Å². The summed E-state index contributed by atoms with van der Waals surface area (Å²) in [7, 11) is 1.60. The van der Waals surface area contributed by atoms with Gasteiger partial charge in [0.15, 0.2) is 0 Å². The number of hydrogen-bond donors (Lipinski definition) is 2. The van der Waals surface area contributed by atoms with E-state index in [1.165, 1.54) is 9.80 Å². The average Bonchev–Trinajstić information content (AvgIpc) is 3.26. The molecule has 0 radical (unpaired) electrons. The number of aromatic nitrogens is 2. The van der Waals surface area contributed by atoms with Crippen molar-refractivity contribution in [3.8, 4) is 11.3 Å². The third-order valence-corrected chi connectivity index (χ3v) is 6.11. The van der Waals surface area contributed by atoms with Crippen LogP contribution >= 0.6 is 0 Å². The van der Waals surface area contributed by atoms with E-state index in [1.807, 2.05) is 87.6 Å². The number of nitrogens with two attached hydrogens (primary N) is 1. The zero-order valence-electron chi connectivity index (χ0n) is 21.6. The molecule has 0 aliphatic carbocycles. The molecule has 36 heavy (non-hydrogen) atoms. The fourth-order valence-electron chi connectivity index (χ4n) is 4.34. The molecule has 1 aromatic heterocycles. The molecule has 0 aliphatic rings. The van der Waals surface area contributed by atoms with Crippen LogP contribution in [0.25, 0.3) is 11.3 Å². The summed E-state index contributed by atoms with van der Waals surface area (Å²) in [6.45, 7) is 6.18. The number of benzene rings is 2. The Balaban J connectivity index is 2.17. The maximum absolute atomic E-state index is 14.8. The van der Waals surface area contributed by atoms with Gasteiger partial charge in [-0.1, -0.05) is 81.4 Å². The van der Waals surface area contributed by atoms with Gasteiger partial charge in [-0.15, -0.1) is 0 Å². The Labute approximate surface area is 213 Å². The Kier molecular flexibility index (Phi) is 9.23. The molecular formula is C28H38FN5O2. The van der Waals surface area contributed by atoms with Crippen LogP contribution in [0.4, 0.5) is 9.18 Å². The molecule has 1 heterocycles. The number of alkyl halides is 1. The number of aliphatic hydroxyl groups excluding tert-OH is 1. The topological polar surface area (TPSA) is 87.6 Å². The van der Waals surface area contributed by atoms with Crippen molar-refractivity contribution in [1.82, 2.24) is 19.4 Å². The fraction of sp³-hybridized carbons (Fsp3) is 0.429. The van der Waals surface area contributed by atoms with Gasteiger partial charge in [-0.2, -0.15) is 0 Å². The molecule has 0 bridgehead atoms. The lowest BCUT2D eigenvalue weighted by Crippen LogP contribution is -2.51. The van der Waals surface area contributed by atoms with Crippen LogP contribution in [0.3, 0.4) is 0 Å². The van der Waals surface area contributed by atoms with E-state index in [0.29, 0.717) is 12.4 Å². The maximum atomic E-state index is 14.8. The van der Waals surface area contributed by atoms with Crippen molar-refractivity contribution < 1.29 is 14.3 Å². The van der Waals surface area contributed by atoms with E-state index in [4.69, 9.17) is 10.7 Å². The number of likely N-dealkylation sites (N-methyl/N-ethyl adjacent to an activating group) is 1. The van der Waals surface area contributed by atoms with Crippen molar-refractivity contribution in [3.63, 3.8) is 0 Å². The minimum atomic E-state index is -1.40. The number of hydrogen-bond acceptors (Lipinski definition) is 4. The van der Waals surface area contributed by atoms with Gasteiger partial charge in [0, 0.05) is 38.4 Å². The van der Waals surface area contributed by atoms with Gasteiger partial charge in [-0.3, -0.25) is 0 Å². The maximum Gasteiger partial charge on any atom is 0.320 e. The molecule has 3 aromatic rings. The van der Waals surface area contributed by atoms with Gasteiger partial charge < -0.3 is 25.2 Å². The molecule has 2 amide bonds. The predicted molar refractivity (Wildman–Crippen MR) is 141 cm³/mol. The molecule has 7 nitrogen and oxygen atoms in total. The summed E-state index contributed by atoms with van der Waals surface area (Å²) in [6, 6.07) is 19.0. The Morgan fingerprint density at radius 1 is 1.11 bits per heavy atom. The third-order valence-electron chi connectivity index (χ3n) is 6.11. The number of carbonyl (C=O) groups excluding carboxylic acids is 1. The Bertz CT molecular complexity index is 1100. The first-order valence-electron chi connectivity index (χ1n) is 12.3. The first-order chi connectivity index (χ1) is 17.2. The number of aliphatic hydroxyl groups is 1. The van der Waals surface area contributed by atoms with Crippen molar-refractivity contribution in [2.45, 2.75) is 39.5 Å². The molecule has 194 valence electrons. The second kappa shape index (κ2) is 12.1. The van der Waals surface area contributed by atoms with E-state index < -0.39 is 17.6 Å². The number of urea groups is 1. The number of amides is 2. The minimum Gasteiger partial charge on any atom is -0.395 e. The molecule has 3 N–H and O–H groups in total. The van der Waals surface area contributed by atoms with Gasteiger partial charge in [0.2, 0.25) is 0 Å². The van der Waals surface area contributed by atoms with Crippen LogP contribution in [0, 0.1) is 5.41 Å². The predicted octanol–water partition coefficient (Wildman–Crippen LogP) is 4.33. The summed E-state index contributed by atoms with van der Waals surface area (Å²) in [5, 5.41) is 9.43. The van der Waals surface area contributed by atoms with Crippen LogP contribution in [-0.2, 0) is 6.54 Å². The fourth-order valence-corrected chi connectivity index (χ4v) is 4.34. The molecule has 0 fully saturated rings. The average molecular weight is 496 g/mol. The molecule has 0 aliphatic heterocycles. The number of halogens is 1. The lowest BCUT2D eigenvalue weighted by atomic mass is 9.84. The minimum absolute atomic E-state index is 0.138. The standard InChI is InChI=1S/C28H38FN5O2/c1-28(2,3)25(34(19-23(29)17-30)27(36)32(4)15-16-35)26-31-24(22-13-9-6-10-14-22)20-33(26)18-21-11-7-5-8-12-21/h5-14,20,23,25,35H,15-19,30H2,1-4H3/t23-,25-/m0/s1. The van der Waals surface area contributed by atoms with Gasteiger partial charge in [-0.25, -0.2) is 14.2 Å². The summed E-state index contributed by atoms with van der Waals surface area (Å²) in [4.78, 5) is 21.5. The summed E-state index contributed by atoms with van der Waals surface area (Å²) in [6.07, 6.45) is 0.597. The van der Waals surface area contributed by atoms with Crippen molar-refractivity contribution in [2.75, 3.05) is 33.3 Å². The highest BCUT2D eigenvalue weighted by molar-refractivity contribution is 5.75. The highest BCUT2D eigenvalue weighted by Gasteiger charge is 2.40. The first-order valence-corrected chi connectivity index (χ1v) is 12.3. The molecule has 0 saturated carbocycles. The lowest BCUT2D eigenvalue weighted by Gasteiger charge is -2.41. The second-order valence-electron chi connectivity index (χ2n) is 10.1. The first kappa shape index (κ1) is 27.4. The van der Waals surface area contributed by atoms with Crippen LogP contribution in [-0.4, -0.2) is 69.9 Å². The zero-order chi connectivity index (χ0) is 26.3. The molecule has 0 spiro atoms. The largest absolute Gasteiger partial charge is 0.395 e. The summed E-state index contributed by atoms with van der Waals surface area (Å²) >= 11 is 0. The van der Waals surface area contributed by atoms with Gasteiger partial charge in [0.05, 0.1) is 24.9 Å². The van der Waals surface area contributed by atoms with Crippen molar-refractivity contribution in [2.24, 2.45) is 11.1 Å². The summed E-state index contributed by atoms with van der Waals surface area (Å²) in [5.41, 5.74) is 7.96. The number of imidazole rings is 1. The molecule has 0 unspecified atom stereocenters. The van der Waals surface area contributed by atoms with Gasteiger partial charge >= 0.3 is 6.03 Å². The van der Waals surface area contributed by atoms with E-state index in [1.54, 1.807) is 7.05 Å². The van der Waals surface area contributed by atoms with Crippen LogP contribution in [0.1, 0.15) is 38.2 Å². The number of carbonyl (C=O) groups is 1. The van der Waals surface area contributed by atoms with E-state index >= 15 is 0 Å². The molecule has 0 saturated heterocycles. The van der Waals surface area contributed by atoms with Crippen LogP contribution in [0.2, 0.25) is 0 Å². The third kappa shape index (κ3) is 6.71. The molecular weight excluding hydrogens is 457 g/mol. The molecule has 2 aromatic carbocycles. The highest BCUT2D eigenvalue weighted by Crippen LogP contribution is 2.39. The summed E-state index contributed by atoms with van der Waals surface area (Å²) in [5.74, 6) is 0.667. The van der Waals surface area contributed by atoms with E-state index in [9.17, 15) is 14.3 Å². The normalized spacial score (nSPS) is 13.3. The van der Waals surface area contributed by atoms with E-state index in [-0.39, 0.29) is 32.3 Å². The monoisotopic (exact) mass is 495 g/mol. The summed E-state index contributed by atoms with van der Waals surface area (Å²) < 4.78 is 16.8. The van der Waals surface area contributed by atoms with Gasteiger partial charge in [0.25, 0.3) is 0 Å². The highest BCUT2D eigenvalue weighted by atomic mass is 19.1. The SMILES string of the molecule is CN(CCO)C(=O)N(C[C@@H](F)CN)[C@@H](c1nc(-c2ccccc2)cn1Cc1ccccc1)C(C)(C)C. The molecule has 3 rings (SSSR count). The molecule has 8 heteroatoms. The van der Waals surface area contributed by atoms with Crippen LogP contribution in [0.5, 0.6) is 0 Å². The van der Waals surface area contributed by atoms with Gasteiger partial charge in [0.1, 0.15) is 12.0 Å². The second-order valence-corrected chi connectivity index (χ2v) is 10.1. The van der Waals surface area contributed by atoms with E-state index in [0.717, 1.165) is 16.8 Å². The van der Waals surface area contributed by atoms with Crippen molar-refractivity contribution in [3.05, 3.63) is 78.2 Å². The Morgan fingerprint density at radius 2 is 1.72 bits per heavy atom.